The van der Waals surface area contributed by atoms with E-state index < -0.39 is 16.9 Å². The molecule has 3 N–H and O–H groups in total. The maximum atomic E-state index is 11.5. The van der Waals surface area contributed by atoms with E-state index in [2.05, 4.69) is 0 Å². The highest BCUT2D eigenvalue weighted by Crippen LogP contribution is 2.33. The summed E-state index contributed by atoms with van der Waals surface area (Å²) in [5.41, 5.74) is 8.03. The van der Waals surface area contributed by atoms with Gasteiger partial charge in [0, 0.05) is 40.8 Å². The molecule has 3 aromatic rings. The third-order valence-electron chi connectivity index (χ3n) is 4.58. The molecule has 1 atom stereocenters. The molecule has 2 aromatic carbocycles. The molecule has 0 bridgehead atoms. The number of hydrogen-bond acceptors (Lipinski definition) is 4. The molecule has 3 rings (SSSR count). The third-order valence-corrected chi connectivity index (χ3v) is 4.58. The number of aliphatic hydroxyl groups excluding tert-OH is 1. The molecule has 0 saturated carbocycles. The molecule has 26 heavy (non-hydrogen) atoms. The first kappa shape index (κ1) is 17.6. The summed E-state index contributed by atoms with van der Waals surface area (Å²) in [5.74, 6) is -0.887. The van der Waals surface area contributed by atoms with Crippen LogP contribution >= 0.6 is 0 Å². The van der Waals surface area contributed by atoms with Crippen molar-refractivity contribution in [3.63, 3.8) is 0 Å². The molecule has 7 heteroatoms. The molecule has 0 aliphatic heterocycles. The minimum atomic E-state index is -1.52. The highest BCUT2D eigenvalue weighted by molar-refractivity contribution is 5.93. The number of hydrogen-bond donors (Lipinski definition) is 2. The number of nitrogens with zero attached hydrogens (tertiary/aromatic N) is 2. The molecule has 0 spiro atoms. The van der Waals surface area contributed by atoms with Gasteiger partial charge in [-0.05, 0) is 25.0 Å². The van der Waals surface area contributed by atoms with Crippen LogP contribution in [0.3, 0.4) is 0 Å². The van der Waals surface area contributed by atoms with Gasteiger partial charge in [0.05, 0.1) is 4.92 Å². The fourth-order valence-corrected chi connectivity index (χ4v) is 3.27. The summed E-state index contributed by atoms with van der Waals surface area (Å²) < 4.78 is 1.95. The Labute approximate surface area is 149 Å². The zero-order valence-electron chi connectivity index (χ0n) is 14.3. The number of nitrogens with two attached hydrogens (primary N) is 1. The van der Waals surface area contributed by atoms with Gasteiger partial charge in [-0.25, -0.2) is 0 Å². The second kappa shape index (κ2) is 6.97. The number of amides is 1. The number of primary amides is 1. The number of benzene rings is 2. The van der Waals surface area contributed by atoms with Crippen molar-refractivity contribution in [2.75, 3.05) is 0 Å². The number of aromatic nitrogens is 1. The molecule has 134 valence electrons. The lowest BCUT2D eigenvalue weighted by atomic mass is 10.0. The van der Waals surface area contributed by atoms with Gasteiger partial charge in [0.25, 0.3) is 11.6 Å². The van der Waals surface area contributed by atoms with Crippen LogP contribution in [0.5, 0.6) is 0 Å². The van der Waals surface area contributed by atoms with E-state index in [1.54, 1.807) is 13.0 Å². The number of carbonyl (C=O) groups excluding carboxylic acids is 1. The molecule has 0 aliphatic rings. The zero-order valence-corrected chi connectivity index (χ0v) is 14.3. The highest BCUT2D eigenvalue weighted by atomic mass is 16.6. The lowest BCUT2D eigenvalue weighted by molar-refractivity contribution is -0.384. The maximum absolute atomic E-state index is 11.5. The maximum Gasteiger partial charge on any atom is 0.270 e. The van der Waals surface area contributed by atoms with Crippen LogP contribution in [0.1, 0.15) is 22.9 Å². The van der Waals surface area contributed by atoms with E-state index in [1.807, 2.05) is 34.9 Å². The Morgan fingerprint density at radius 2 is 1.96 bits per heavy atom. The molecular formula is C19H19N3O4. The predicted molar refractivity (Wildman–Crippen MR) is 97.6 cm³/mol. The number of rotatable bonds is 6. The Hall–Kier alpha value is -3.19. The molecule has 0 aliphatic carbocycles. The summed E-state index contributed by atoms with van der Waals surface area (Å²) in [6.07, 6.45) is -0.772. The lowest BCUT2D eigenvalue weighted by Gasteiger charge is -2.10. The van der Waals surface area contributed by atoms with Gasteiger partial charge < -0.3 is 15.4 Å². The Morgan fingerprint density at radius 3 is 2.58 bits per heavy atom. The topological polar surface area (TPSA) is 111 Å². The molecular weight excluding hydrogens is 334 g/mol. The normalized spacial score (nSPS) is 12.2. The summed E-state index contributed by atoms with van der Waals surface area (Å²) in [7, 11) is 0. The summed E-state index contributed by atoms with van der Waals surface area (Å²) in [6, 6.07) is 14.3. The van der Waals surface area contributed by atoms with Gasteiger partial charge in [-0.15, -0.1) is 0 Å². The van der Waals surface area contributed by atoms with E-state index in [0.717, 1.165) is 17.5 Å². The van der Waals surface area contributed by atoms with Crippen molar-refractivity contribution in [3.8, 4) is 0 Å². The molecule has 1 aromatic heterocycles. The van der Waals surface area contributed by atoms with Crippen LogP contribution in [0.4, 0.5) is 5.69 Å². The van der Waals surface area contributed by atoms with Crippen LogP contribution in [0.25, 0.3) is 10.9 Å². The fourth-order valence-electron chi connectivity index (χ4n) is 3.27. The highest BCUT2D eigenvalue weighted by Gasteiger charge is 2.25. The number of fused-ring (bicyclic) bond motifs is 1. The van der Waals surface area contributed by atoms with Crippen LogP contribution in [0.2, 0.25) is 0 Å². The number of nitro benzene ring substituents is 1. The van der Waals surface area contributed by atoms with Crippen molar-refractivity contribution in [1.29, 1.82) is 0 Å². The van der Waals surface area contributed by atoms with Crippen molar-refractivity contribution in [2.45, 2.75) is 26.0 Å². The SMILES string of the molecule is Cc1c(C(O)C(N)=O)c2cc([N+](=O)[O-])ccc2n1CCc1ccccc1. The minimum absolute atomic E-state index is 0.101. The number of nitro groups is 1. The van der Waals surface area contributed by atoms with Gasteiger partial charge in [-0.1, -0.05) is 30.3 Å². The molecule has 1 amide bonds. The van der Waals surface area contributed by atoms with E-state index in [9.17, 15) is 20.0 Å². The summed E-state index contributed by atoms with van der Waals surface area (Å²) >= 11 is 0. The van der Waals surface area contributed by atoms with E-state index in [-0.39, 0.29) is 5.69 Å². The molecule has 1 unspecified atom stereocenters. The van der Waals surface area contributed by atoms with Crippen molar-refractivity contribution < 1.29 is 14.8 Å². The predicted octanol–water partition coefficient (Wildman–Crippen LogP) is 2.62. The number of aliphatic hydroxyl groups is 1. The van der Waals surface area contributed by atoms with Gasteiger partial charge in [0.2, 0.25) is 0 Å². The van der Waals surface area contributed by atoms with E-state index in [1.165, 1.54) is 12.1 Å². The van der Waals surface area contributed by atoms with Gasteiger partial charge in [-0.2, -0.15) is 0 Å². The monoisotopic (exact) mass is 353 g/mol. The first-order valence-electron chi connectivity index (χ1n) is 8.18. The zero-order chi connectivity index (χ0) is 18.8. The lowest BCUT2D eigenvalue weighted by Crippen LogP contribution is -2.21. The standard InChI is InChI=1S/C19H19N3O4/c1-12-17(18(23)19(20)24)15-11-14(22(25)26)7-8-16(15)21(12)10-9-13-5-3-2-4-6-13/h2-8,11,18,23H,9-10H2,1H3,(H2,20,24). The van der Waals surface area contributed by atoms with Crippen LogP contribution < -0.4 is 5.73 Å². The first-order chi connectivity index (χ1) is 12.4. The van der Waals surface area contributed by atoms with Crippen LogP contribution in [0.15, 0.2) is 48.5 Å². The Kier molecular flexibility index (Phi) is 4.73. The van der Waals surface area contributed by atoms with Crippen molar-refractivity contribution >= 4 is 22.5 Å². The summed E-state index contributed by atoms with van der Waals surface area (Å²) in [6.45, 7) is 2.38. The number of non-ortho nitro benzene ring substituents is 1. The first-order valence-corrected chi connectivity index (χ1v) is 8.18. The largest absolute Gasteiger partial charge is 0.378 e. The molecule has 0 fully saturated rings. The van der Waals surface area contributed by atoms with Crippen LogP contribution in [-0.2, 0) is 17.8 Å². The molecule has 1 heterocycles. The average Bonchev–Trinajstić information content (AvgIpc) is 2.90. The molecule has 0 radical (unpaired) electrons. The Morgan fingerprint density at radius 1 is 1.27 bits per heavy atom. The second-order valence-electron chi connectivity index (χ2n) is 6.15. The van der Waals surface area contributed by atoms with Gasteiger partial charge in [0.15, 0.2) is 6.10 Å². The number of carbonyl (C=O) groups is 1. The van der Waals surface area contributed by atoms with E-state index in [0.29, 0.717) is 23.2 Å². The van der Waals surface area contributed by atoms with E-state index in [4.69, 9.17) is 5.73 Å². The van der Waals surface area contributed by atoms with Crippen molar-refractivity contribution in [3.05, 3.63) is 75.5 Å². The third kappa shape index (κ3) is 3.16. The van der Waals surface area contributed by atoms with Crippen LogP contribution in [0, 0.1) is 17.0 Å². The summed E-state index contributed by atoms with van der Waals surface area (Å²) in [4.78, 5) is 22.1. The van der Waals surface area contributed by atoms with Gasteiger partial charge in [0.1, 0.15) is 0 Å². The molecule has 7 nitrogen and oxygen atoms in total. The number of aryl methyl sites for hydroxylation is 2. The molecule has 0 saturated heterocycles. The average molecular weight is 353 g/mol. The van der Waals surface area contributed by atoms with Gasteiger partial charge >= 0.3 is 0 Å². The minimum Gasteiger partial charge on any atom is -0.378 e. The van der Waals surface area contributed by atoms with Gasteiger partial charge in [-0.3, -0.25) is 14.9 Å². The Balaban J connectivity index is 2.11. The van der Waals surface area contributed by atoms with Crippen LogP contribution in [-0.4, -0.2) is 20.5 Å². The quantitative estimate of drug-likeness (QED) is 0.524. The Bertz CT molecular complexity index is 979. The fraction of sp³-hybridized carbons (Fsp3) is 0.211. The smallest absolute Gasteiger partial charge is 0.270 e. The van der Waals surface area contributed by atoms with Crippen molar-refractivity contribution in [2.24, 2.45) is 5.73 Å². The van der Waals surface area contributed by atoms with Crippen molar-refractivity contribution in [1.82, 2.24) is 4.57 Å². The second-order valence-corrected chi connectivity index (χ2v) is 6.15. The van der Waals surface area contributed by atoms with E-state index >= 15 is 0 Å². The summed E-state index contributed by atoms with van der Waals surface area (Å²) in [5, 5.41) is 21.8.